The number of nitrogens with zero attached hydrogens (tertiary/aromatic N) is 2. The van der Waals surface area contributed by atoms with Crippen molar-refractivity contribution >= 4 is 34.1 Å². The largest absolute Gasteiger partial charge is 0.497 e. The molecule has 3 aromatic carbocycles. The summed E-state index contributed by atoms with van der Waals surface area (Å²) in [4.78, 5) is 26.8. The smallest absolute Gasteiger partial charge is 0.251 e. The van der Waals surface area contributed by atoms with Crippen LogP contribution in [0.5, 0.6) is 5.75 Å². The molecular weight excluding hydrogens is 428 g/mol. The number of anilines is 2. The van der Waals surface area contributed by atoms with Crippen LogP contribution in [0.25, 0.3) is 10.8 Å². The van der Waals surface area contributed by atoms with Gasteiger partial charge in [-0.15, -0.1) is 0 Å². The molecular formula is C27H26N4O3. The van der Waals surface area contributed by atoms with Crippen molar-refractivity contribution in [3.8, 4) is 5.75 Å². The summed E-state index contributed by atoms with van der Waals surface area (Å²) in [6.45, 7) is 1.55. The molecule has 2 amide bonds. The lowest BCUT2D eigenvalue weighted by atomic mass is 9.78. The van der Waals surface area contributed by atoms with Crippen molar-refractivity contribution in [3.63, 3.8) is 0 Å². The molecule has 1 fully saturated rings. The lowest BCUT2D eigenvalue weighted by Gasteiger charge is -2.35. The number of aromatic nitrogens is 2. The Labute approximate surface area is 197 Å². The van der Waals surface area contributed by atoms with E-state index in [2.05, 4.69) is 15.5 Å². The van der Waals surface area contributed by atoms with Gasteiger partial charge in [-0.1, -0.05) is 36.4 Å². The van der Waals surface area contributed by atoms with E-state index < -0.39 is 0 Å². The van der Waals surface area contributed by atoms with Crippen LogP contribution in [0.15, 0.2) is 72.8 Å². The van der Waals surface area contributed by atoms with Gasteiger partial charge in [-0.2, -0.15) is 5.10 Å². The second kappa shape index (κ2) is 9.02. The van der Waals surface area contributed by atoms with Crippen LogP contribution in [0.2, 0.25) is 0 Å². The summed E-state index contributed by atoms with van der Waals surface area (Å²) in [5.41, 5.74) is 2.39. The monoisotopic (exact) mass is 454 g/mol. The first-order valence-corrected chi connectivity index (χ1v) is 11.3. The predicted octanol–water partition coefficient (Wildman–Crippen LogP) is 4.93. The van der Waals surface area contributed by atoms with E-state index in [1.165, 1.54) is 0 Å². The molecule has 7 nitrogen and oxygen atoms in total. The fourth-order valence-electron chi connectivity index (χ4n) is 4.51. The normalized spacial score (nSPS) is 17.1. The third-order valence-electron chi connectivity index (χ3n) is 6.40. The van der Waals surface area contributed by atoms with Gasteiger partial charge in [-0.25, -0.2) is 0 Å². The van der Waals surface area contributed by atoms with E-state index in [4.69, 9.17) is 4.74 Å². The highest BCUT2D eigenvalue weighted by Gasteiger charge is 2.33. The number of H-pyrrole nitrogens is 1. The summed E-state index contributed by atoms with van der Waals surface area (Å²) in [5, 5.41) is 12.7. The van der Waals surface area contributed by atoms with Gasteiger partial charge in [0.05, 0.1) is 12.8 Å². The van der Waals surface area contributed by atoms with Crippen LogP contribution in [0.1, 0.15) is 41.7 Å². The van der Waals surface area contributed by atoms with Gasteiger partial charge >= 0.3 is 0 Å². The molecule has 0 spiro atoms. The summed E-state index contributed by atoms with van der Waals surface area (Å²) >= 11 is 0. The third-order valence-corrected chi connectivity index (χ3v) is 6.40. The fraction of sp³-hybridized carbons (Fsp3) is 0.222. The molecule has 0 radical (unpaired) electrons. The number of amides is 2. The van der Waals surface area contributed by atoms with E-state index in [1.807, 2.05) is 48.5 Å². The van der Waals surface area contributed by atoms with Crippen molar-refractivity contribution in [1.82, 2.24) is 15.5 Å². The molecule has 5 rings (SSSR count). The number of aromatic amines is 1. The van der Waals surface area contributed by atoms with Crippen LogP contribution in [0.3, 0.4) is 0 Å². The van der Waals surface area contributed by atoms with Gasteiger partial charge in [0.25, 0.3) is 5.91 Å². The van der Waals surface area contributed by atoms with E-state index in [0.717, 1.165) is 40.7 Å². The fourth-order valence-corrected chi connectivity index (χ4v) is 4.51. The Bertz CT molecular complexity index is 1330. The molecule has 0 saturated heterocycles. The highest BCUT2D eigenvalue weighted by molar-refractivity contribution is 6.07. The van der Waals surface area contributed by atoms with Gasteiger partial charge in [-0.3, -0.25) is 19.6 Å². The van der Waals surface area contributed by atoms with Crippen LogP contribution in [-0.4, -0.2) is 35.2 Å². The minimum atomic E-state index is -0.104. The molecule has 34 heavy (non-hydrogen) atoms. The molecule has 7 heteroatoms. The standard InChI is InChI=1S/C27H26N4O3/c1-17(32)31(25-9-5-7-18-6-3-4-8-23(18)25)26-16-24(29-30-26)20-14-21(15-20)28-27(33)19-10-12-22(34-2)13-11-19/h3-13,16,20-21H,14-15H2,1-2H3,(H,28,33)(H,29,30). The Balaban J connectivity index is 1.27. The number of hydrogen-bond acceptors (Lipinski definition) is 4. The molecule has 1 aromatic heterocycles. The number of carbonyl (C=O) groups is 2. The SMILES string of the molecule is COc1ccc(C(=O)NC2CC(c3cc(N(C(C)=O)c4cccc5ccccc45)n[nH]3)C2)cc1. The molecule has 0 aliphatic heterocycles. The number of methoxy groups -OCH3 is 1. The van der Waals surface area contributed by atoms with Crippen molar-refractivity contribution in [2.24, 2.45) is 0 Å². The summed E-state index contributed by atoms with van der Waals surface area (Å²) in [6.07, 6.45) is 1.63. The maximum absolute atomic E-state index is 12.6. The summed E-state index contributed by atoms with van der Waals surface area (Å²) in [7, 11) is 1.60. The number of carbonyl (C=O) groups excluding carboxylic acids is 2. The van der Waals surface area contributed by atoms with Gasteiger partial charge < -0.3 is 10.1 Å². The minimum absolute atomic E-state index is 0.0879. The van der Waals surface area contributed by atoms with Crippen molar-refractivity contribution < 1.29 is 14.3 Å². The predicted molar refractivity (Wildman–Crippen MR) is 132 cm³/mol. The number of benzene rings is 3. The van der Waals surface area contributed by atoms with Gasteiger partial charge in [0.2, 0.25) is 5.91 Å². The van der Waals surface area contributed by atoms with Gasteiger partial charge in [-0.05, 0) is 48.6 Å². The lowest BCUT2D eigenvalue weighted by Crippen LogP contribution is -2.43. The Hall–Kier alpha value is -4.13. The molecule has 1 saturated carbocycles. The molecule has 1 heterocycles. The highest BCUT2D eigenvalue weighted by atomic mass is 16.5. The average Bonchev–Trinajstić information content (AvgIpc) is 3.30. The zero-order valence-corrected chi connectivity index (χ0v) is 19.1. The number of ether oxygens (including phenoxy) is 1. The van der Waals surface area contributed by atoms with Crippen LogP contribution >= 0.6 is 0 Å². The zero-order valence-electron chi connectivity index (χ0n) is 19.1. The van der Waals surface area contributed by atoms with E-state index >= 15 is 0 Å². The van der Waals surface area contributed by atoms with Gasteiger partial charge in [0, 0.05) is 41.6 Å². The summed E-state index contributed by atoms with van der Waals surface area (Å²) in [5.74, 6) is 1.36. The molecule has 4 aromatic rings. The van der Waals surface area contributed by atoms with Crippen LogP contribution < -0.4 is 15.0 Å². The second-order valence-electron chi connectivity index (χ2n) is 8.60. The van der Waals surface area contributed by atoms with Crippen LogP contribution in [0.4, 0.5) is 11.5 Å². The summed E-state index contributed by atoms with van der Waals surface area (Å²) < 4.78 is 5.14. The van der Waals surface area contributed by atoms with Crippen molar-refractivity contribution in [3.05, 3.63) is 84.1 Å². The van der Waals surface area contributed by atoms with Gasteiger partial charge in [0.15, 0.2) is 5.82 Å². The number of nitrogens with one attached hydrogen (secondary N) is 2. The Kier molecular flexibility index (Phi) is 5.76. The maximum Gasteiger partial charge on any atom is 0.251 e. The van der Waals surface area contributed by atoms with E-state index in [1.54, 1.807) is 43.2 Å². The van der Waals surface area contributed by atoms with E-state index in [9.17, 15) is 9.59 Å². The van der Waals surface area contributed by atoms with Gasteiger partial charge in [0.1, 0.15) is 5.75 Å². The van der Waals surface area contributed by atoms with E-state index in [-0.39, 0.29) is 23.8 Å². The molecule has 0 unspecified atom stereocenters. The first-order valence-electron chi connectivity index (χ1n) is 11.3. The van der Waals surface area contributed by atoms with Crippen LogP contribution in [0, 0.1) is 0 Å². The second-order valence-corrected chi connectivity index (χ2v) is 8.60. The summed E-state index contributed by atoms with van der Waals surface area (Å²) in [6, 6.07) is 23.0. The van der Waals surface area contributed by atoms with Crippen molar-refractivity contribution in [2.45, 2.75) is 31.7 Å². The minimum Gasteiger partial charge on any atom is -0.497 e. The quantitative estimate of drug-likeness (QED) is 0.432. The van der Waals surface area contributed by atoms with Crippen LogP contribution in [-0.2, 0) is 4.79 Å². The molecule has 2 N–H and O–H groups in total. The van der Waals surface area contributed by atoms with E-state index in [0.29, 0.717) is 11.4 Å². The first-order chi connectivity index (χ1) is 16.5. The molecule has 1 aliphatic carbocycles. The lowest BCUT2D eigenvalue weighted by molar-refractivity contribution is -0.115. The molecule has 0 bridgehead atoms. The zero-order chi connectivity index (χ0) is 23.7. The Morgan fingerprint density at radius 2 is 1.76 bits per heavy atom. The first kappa shape index (κ1) is 21.7. The molecule has 1 aliphatic rings. The molecule has 0 atom stereocenters. The number of hydrogen-bond donors (Lipinski definition) is 2. The van der Waals surface area contributed by atoms with Crippen molar-refractivity contribution in [2.75, 3.05) is 12.0 Å². The number of fused-ring (bicyclic) bond motifs is 1. The van der Waals surface area contributed by atoms with Crippen molar-refractivity contribution in [1.29, 1.82) is 0 Å². The molecule has 172 valence electrons. The maximum atomic E-state index is 12.6. The Morgan fingerprint density at radius 3 is 2.50 bits per heavy atom. The third kappa shape index (κ3) is 4.12. The number of rotatable bonds is 6. The Morgan fingerprint density at radius 1 is 1.03 bits per heavy atom. The average molecular weight is 455 g/mol. The topological polar surface area (TPSA) is 87.3 Å². The highest BCUT2D eigenvalue weighted by Crippen LogP contribution is 2.39.